The average Bonchev–Trinajstić information content (AvgIpc) is 3.88. The maximum absolute atomic E-state index is 2.56. The first kappa shape index (κ1) is 33.0. The summed E-state index contributed by atoms with van der Waals surface area (Å²) in [4.78, 5) is 4.94. The lowest BCUT2D eigenvalue weighted by atomic mass is 9.76. The van der Waals surface area contributed by atoms with Crippen LogP contribution in [0.4, 0.5) is 34.1 Å². The molecule has 56 heavy (non-hydrogen) atoms. The molecule has 0 heterocycles. The largest absolute Gasteiger partial charge is 0.310 e. The highest BCUT2D eigenvalue weighted by molar-refractivity contribution is 5.99. The zero-order valence-corrected chi connectivity index (χ0v) is 32.0. The third kappa shape index (κ3) is 4.95. The first-order valence-electron chi connectivity index (χ1n) is 20.2. The molecule has 1 atom stereocenters. The number of fused-ring (bicyclic) bond motifs is 8. The van der Waals surface area contributed by atoms with Crippen LogP contribution < -0.4 is 9.80 Å². The Morgan fingerprint density at radius 1 is 0.393 bits per heavy atom. The van der Waals surface area contributed by atoms with Crippen molar-refractivity contribution in [3.05, 3.63) is 215 Å². The number of para-hydroxylation sites is 2. The van der Waals surface area contributed by atoms with Crippen molar-refractivity contribution in [2.24, 2.45) is 0 Å². The van der Waals surface area contributed by atoms with Crippen molar-refractivity contribution in [1.82, 2.24) is 0 Å². The van der Waals surface area contributed by atoms with Crippen molar-refractivity contribution in [2.45, 2.75) is 50.4 Å². The molecule has 8 aromatic rings. The number of hydrogen-bond acceptors (Lipinski definition) is 2. The number of hydrogen-bond donors (Lipinski definition) is 0. The van der Waals surface area contributed by atoms with Crippen LogP contribution in [0.15, 0.2) is 182 Å². The fourth-order valence-electron chi connectivity index (χ4n) is 10.5. The second kappa shape index (κ2) is 12.6. The van der Waals surface area contributed by atoms with Gasteiger partial charge in [0.05, 0.1) is 5.69 Å². The van der Waals surface area contributed by atoms with E-state index in [0.717, 1.165) is 25.7 Å². The zero-order valence-electron chi connectivity index (χ0n) is 32.0. The molecule has 0 unspecified atom stereocenters. The molecule has 0 fully saturated rings. The highest BCUT2D eigenvalue weighted by Crippen LogP contribution is 2.56. The van der Waals surface area contributed by atoms with Crippen molar-refractivity contribution < 1.29 is 0 Å². The Labute approximate surface area is 330 Å². The lowest BCUT2D eigenvalue weighted by molar-refractivity contribution is 0.507. The van der Waals surface area contributed by atoms with Gasteiger partial charge < -0.3 is 9.80 Å². The summed E-state index contributed by atoms with van der Waals surface area (Å²) in [6, 6.07) is 68.0. The van der Waals surface area contributed by atoms with Crippen LogP contribution >= 0.6 is 0 Å². The molecule has 0 radical (unpaired) electrons. The molecule has 8 aromatic carbocycles. The Kier molecular flexibility index (Phi) is 7.41. The number of benzene rings is 8. The van der Waals surface area contributed by atoms with E-state index in [1.165, 1.54) is 89.4 Å². The highest BCUT2D eigenvalue weighted by atomic mass is 15.1. The van der Waals surface area contributed by atoms with Crippen molar-refractivity contribution >= 4 is 44.9 Å². The minimum Gasteiger partial charge on any atom is -0.310 e. The van der Waals surface area contributed by atoms with Gasteiger partial charge in [0.25, 0.3) is 0 Å². The van der Waals surface area contributed by atoms with Crippen molar-refractivity contribution in [2.75, 3.05) is 9.80 Å². The molecular weight excluding hydrogens is 677 g/mol. The van der Waals surface area contributed by atoms with Crippen LogP contribution in [0.5, 0.6) is 0 Å². The summed E-state index contributed by atoms with van der Waals surface area (Å²) >= 11 is 0. The van der Waals surface area contributed by atoms with E-state index in [4.69, 9.17) is 0 Å². The van der Waals surface area contributed by atoms with Gasteiger partial charge in [-0.25, -0.2) is 0 Å². The van der Waals surface area contributed by atoms with Crippen LogP contribution in [0.1, 0.15) is 60.1 Å². The molecule has 270 valence electrons. The summed E-state index contributed by atoms with van der Waals surface area (Å²) in [5.74, 6) is 0. The lowest BCUT2D eigenvalue weighted by Gasteiger charge is -2.32. The molecule has 0 aliphatic heterocycles. The summed E-state index contributed by atoms with van der Waals surface area (Å²) in [6.45, 7) is 4.73. The first-order chi connectivity index (χ1) is 27.5. The fraction of sp³-hybridized carbons (Fsp3) is 0.148. The Morgan fingerprint density at radius 3 is 1.62 bits per heavy atom. The molecule has 0 saturated carbocycles. The Hall–Kier alpha value is -6.38. The number of rotatable bonds is 6. The molecule has 3 aliphatic carbocycles. The summed E-state index contributed by atoms with van der Waals surface area (Å²) in [5, 5.41) is 2.50. The van der Waals surface area contributed by atoms with E-state index in [9.17, 15) is 0 Å². The van der Waals surface area contributed by atoms with Crippen molar-refractivity contribution in [1.29, 1.82) is 0 Å². The smallest absolute Gasteiger partial charge is 0.0540 e. The van der Waals surface area contributed by atoms with E-state index in [-0.39, 0.29) is 10.8 Å². The lowest BCUT2D eigenvalue weighted by Crippen LogP contribution is -2.22. The maximum Gasteiger partial charge on any atom is 0.0540 e. The van der Waals surface area contributed by atoms with E-state index < -0.39 is 0 Å². The van der Waals surface area contributed by atoms with Gasteiger partial charge in [-0.15, -0.1) is 0 Å². The highest BCUT2D eigenvalue weighted by Gasteiger charge is 2.45. The molecule has 1 spiro atoms. The quantitative estimate of drug-likeness (QED) is 0.169. The Balaban J connectivity index is 1.08. The molecular formula is C54H44N2. The normalized spacial score (nSPS) is 17.0. The zero-order chi connectivity index (χ0) is 37.4. The predicted octanol–water partition coefficient (Wildman–Crippen LogP) is 14.3. The van der Waals surface area contributed by atoms with Crippen molar-refractivity contribution in [3.63, 3.8) is 0 Å². The van der Waals surface area contributed by atoms with Gasteiger partial charge in [0.15, 0.2) is 0 Å². The van der Waals surface area contributed by atoms with Gasteiger partial charge in [-0.05, 0) is 142 Å². The van der Waals surface area contributed by atoms with Crippen LogP contribution in [-0.2, 0) is 23.7 Å². The van der Waals surface area contributed by atoms with Crippen LogP contribution in [-0.4, -0.2) is 0 Å². The van der Waals surface area contributed by atoms with Gasteiger partial charge in [0.1, 0.15) is 0 Å². The molecule has 0 saturated heterocycles. The summed E-state index contributed by atoms with van der Waals surface area (Å²) in [6.07, 6.45) is 4.47. The Bertz CT molecular complexity index is 2750. The van der Waals surface area contributed by atoms with Crippen LogP contribution in [0.25, 0.3) is 21.9 Å². The predicted molar refractivity (Wildman–Crippen MR) is 235 cm³/mol. The van der Waals surface area contributed by atoms with Gasteiger partial charge in [-0.2, -0.15) is 0 Å². The average molecular weight is 721 g/mol. The second-order valence-corrected chi connectivity index (χ2v) is 16.5. The van der Waals surface area contributed by atoms with Crippen LogP contribution in [0.2, 0.25) is 0 Å². The number of nitrogens with zero attached hydrogens (tertiary/aromatic N) is 2. The fourth-order valence-corrected chi connectivity index (χ4v) is 10.5. The number of anilines is 6. The third-order valence-electron chi connectivity index (χ3n) is 13.2. The minimum absolute atomic E-state index is 0.0267. The standard InChI is InChI=1S/C54H44N2/c1-53(2)48-22-12-11-21-46(48)47-34-42(28-29-49(47)53)56(52-23-13-15-37-14-9-10-20-45(37)52)44-27-25-39-31-33-54(51(39)36-44)32-30-38-24-26-43(35-50(38)54)55(40-16-5-3-6-17-40)41-18-7-4-8-19-41/h3-29,34-36H,30-33H2,1-2H3/t54-/m1/s1. The minimum atomic E-state index is -0.0417. The first-order valence-corrected chi connectivity index (χ1v) is 20.2. The molecule has 0 N–H and O–H groups in total. The molecule has 3 aliphatic rings. The van der Waals surface area contributed by atoms with E-state index in [0.29, 0.717) is 0 Å². The monoisotopic (exact) mass is 720 g/mol. The molecule has 0 aromatic heterocycles. The van der Waals surface area contributed by atoms with Gasteiger partial charge in [0.2, 0.25) is 0 Å². The molecule has 2 nitrogen and oxygen atoms in total. The van der Waals surface area contributed by atoms with Gasteiger partial charge in [-0.3, -0.25) is 0 Å². The molecule has 0 bridgehead atoms. The van der Waals surface area contributed by atoms with E-state index in [1.807, 2.05) is 0 Å². The van der Waals surface area contributed by atoms with Crippen LogP contribution in [0.3, 0.4) is 0 Å². The summed E-state index contributed by atoms with van der Waals surface area (Å²) < 4.78 is 0. The molecule has 11 rings (SSSR count). The molecule has 2 heteroatoms. The second-order valence-electron chi connectivity index (χ2n) is 16.5. The summed E-state index contributed by atoms with van der Waals surface area (Å²) in [7, 11) is 0. The maximum atomic E-state index is 2.56. The van der Waals surface area contributed by atoms with E-state index >= 15 is 0 Å². The third-order valence-corrected chi connectivity index (χ3v) is 13.2. The number of aryl methyl sites for hydroxylation is 2. The van der Waals surface area contributed by atoms with Gasteiger partial charge >= 0.3 is 0 Å². The van der Waals surface area contributed by atoms with Gasteiger partial charge in [0, 0.05) is 44.7 Å². The van der Waals surface area contributed by atoms with E-state index in [2.05, 4.69) is 206 Å². The van der Waals surface area contributed by atoms with E-state index in [1.54, 1.807) is 0 Å². The molecule has 0 amide bonds. The van der Waals surface area contributed by atoms with Crippen LogP contribution in [0, 0.1) is 0 Å². The SMILES string of the molecule is CC1(C)c2ccccc2-c2cc(N(c3ccc4c(c3)[C@]3(CCc5ccc(N(c6ccccc6)c6ccccc6)cc53)CC4)c3cccc4ccccc34)ccc21. The van der Waals surface area contributed by atoms with Gasteiger partial charge in [-0.1, -0.05) is 129 Å². The van der Waals surface area contributed by atoms with Crippen molar-refractivity contribution in [3.8, 4) is 11.1 Å². The topological polar surface area (TPSA) is 6.48 Å². The summed E-state index contributed by atoms with van der Waals surface area (Å²) in [5.41, 5.74) is 18.5. The Morgan fingerprint density at radius 2 is 0.929 bits per heavy atom.